The summed E-state index contributed by atoms with van der Waals surface area (Å²) in [6.45, 7) is 2.98. The van der Waals surface area contributed by atoms with Crippen molar-refractivity contribution in [3.63, 3.8) is 0 Å². The first-order valence-corrected chi connectivity index (χ1v) is 12.2. The molecule has 3 aromatic carbocycles. The lowest BCUT2D eigenvalue weighted by Crippen LogP contribution is -2.97. The molecule has 0 fully saturated rings. The Balaban J connectivity index is 1.20. The molecular formula is C29H29N4O4+. The number of nitrogens with two attached hydrogens (primary N) is 1. The van der Waals surface area contributed by atoms with E-state index < -0.39 is 5.97 Å². The van der Waals surface area contributed by atoms with Crippen molar-refractivity contribution in [3.05, 3.63) is 119 Å². The number of nitrogens with zero attached hydrogens (tertiary/aromatic N) is 2. The van der Waals surface area contributed by atoms with Gasteiger partial charge in [-0.25, -0.2) is 20.2 Å². The van der Waals surface area contributed by atoms with E-state index >= 15 is 0 Å². The Morgan fingerprint density at radius 1 is 1.00 bits per heavy atom. The third kappa shape index (κ3) is 5.82. The van der Waals surface area contributed by atoms with Gasteiger partial charge in [-0.1, -0.05) is 60.7 Å². The van der Waals surface area contributed by atoms with Crippen LogP contribution in [0.4, 0.5) is 0 Å². The minimum atomic E-state index is -0.972. The number of allylic oxidation sites excluding steroid dienone is 1. The SMILES string of the molecule is Cc1oc(-c2ccccc2)nc1CCOc1ccc(CC2=C(C(=O)O)N[NH2+]N2Cc2ccccc2)cc1. The first kappa shape index (κ1) is 24.1. The number of carboxylic acids is 1. The second kappa shape index (κ2) is 11.0. The highest BCUT2D eigenvalue weighted by molar-refractivity contribution is 5.86. The van der Waals surface area contributed by atoms with Crippen molar-refractivity contribution in [2.75, 3.05) is 6.61 Å². The lowest BCUT2D eigenvalue weighted by atomic mass is 10.1. The second-order valence-electron chi connectivity index (χ2n) is 8.82. The van der Waals surface area contributed by atoms with Crippen molar-refractivity contribution in [2.45, 2.75) is 26.3 Å². The molecule has 0 bridgehead atoms. The number of nitrogens with one attached hydrogen (secondary N) is 1. The molecule has 0 saturated heterocycles. The molecular weight excluding hydrogens is 468 g/mol. The molecule has 1 aliphatic rings. The Kier molecular flexibility index (Phi) is 7.19. The molecule has 0 saturated carbocycles. The molecule has 0 spiro atoms. The van der Waals surface area contributed by atoms with Crippen molar-refractivity contribution in [2.24, 2.45) is 0 Å². The number of benzene rings is 3. The largest absolute Gasteiger partial charge is 0.493 e. The first-order chi connectivity index (χ1) is 18.1. The number of hydrogen-bond donors (Lipinski definition) is 3. The summed E-state index contributed by atoms with van der Waals surface area (Å²) < 4.78 is 11.8. The van der Waals surface area contributed by atoms with Crippen LogP contribution in [0.15, 0.2) is 101 Å². The van der Waals surface area contributed by atoms with Crippen molar-refractivity contribution in [1.82, 2.24) is 15.4 Å². The molecule has 5 rings (SSSR count). The first-order valence-electron chi connectivity index (χ1n) is 12.2. The number of carboxylic acid groups (broad SMARTS) is 1. The number of ether oxygens (including phenoxy) is 1. The van der Waals surface area contributed by atoms with Gasteiger partial charge >= 0.3 is 5.97 Å². The van der Waals surface area contributed by atoms with E-state index in [2.05, 4.69) is 10.4 Å². The van der Waals surface area contributed by atoms with Gasteiger partial charge in [-0.3, -0.25) is 0 Å². The summed E-state index contributed by atoms with van der Waals surface area (Å²) in [7, 11) is 0. The van der Waals surface area contributed by atoms with Gasteiger partial charge in [0.25, 0.3) is 0 Å². The fourth-order valence-corrected chi connectivity index (χ4v) is 4.27. The lowest BCUT2D eigenvalue weighted by molar-refractivity contribution is -0.828. The second-order valence-corrected chi connectivity index (χ2v) is 8.82. The van der Waals surface area contributed by atoms with Gasteiger partial charge in [0, 0.05) is 18.4 Å². The highest BCUT2D eigenvalue weighted by Gasteiger charge is 2.30. The molecule has 0 unspecified atom stereocenters. The predicted octanol–water partition coefficient (Wildman–Crippen LogP) is 3.61. The molecule has 0 amide bonds. The number of aryl methyl sites for hydroxylation is 1. The van der Waals surface area contributed by atoms with Gasteiger partial charge in [0.2, 0.25) is 5.89 Å². The lowest BCUT2D eigenvalue weighted by Gasteiger charge is -2.17. The summed E-state index contributed by atoms with van der Waals surface area (Å²) in [5.74, 6) is 1.19. The van der Waals surface area contributed by atoms with Crippen LogP contribution in [0.5, 0.6) is 5.75 Å². The van der Waals surface area contributed by atoms with Gasteiger partial charge in [0.15, 0.2) is 5.70 Å². The molecule has 4 N–H and O–H groups in total. The standard InChI is InChI=1S/C29H28N4O4/c1-20-25(30-28(37-20)23-10-6-3-7-11-23)16-17-36-24-14-12-21(13-15-24)18-26-27(29(34)35)31-32-33(26)19-22-8-4-2-5-9-22/h2-15,31-32H,16-19H2,1H3,(H,34,35)/p+1. The van der Waals surface area contributed by atoms with Gasteiger partial charge in [0.05, 0.1) is 18.8 Å². The van der Waals surface area contributed by atoms with E-state index in [9.17, 15) is 9.90 Å². The molecule has 0 atom stereocenters. The molecule has 8 heteroatoms. The summed E-state index contributed by atoms with van der Waals surface area (Å²) >= 11 is 0. The van der Waals surface area contributed by atoms with Gasteiger partial charge in [0.1, 0.15) is 17.2 Å². The summed E-state index contributed by atoms with van der Waals surface area (Å²) in [6.07, 6.45) is 1.12. The van der Waals surface area contributed by atoms with Crippen LogP contribution in [0, 0.1) is 6.92 Å². The molecule has 0 aliphatic carbocycles. The molecule has 1 aromatic heterocycles. The third-order valence-corrected chi connectivity index (χ3v) is 6.23. The van der Waals surface area contributed by atoms with Gasteiger partial charge in [-0.2, -0.15) is 0 Å². The maximum absolute atomic E-state index is 11.8. The molecule has 1 aliphatic heterocycles. The van der Waals surface area contributed by atoms with Crippen LogP contribution in [0.3, 0.4) is 0 Å². The van der Waals surface area contributed by atoms with E-state index in [-0.39, 0.29) is 5.70 Å². The summed E-state index contributed by atoms with van der Waals surface area (Å²) in [5.41, 5.74) is 9.49. The number of aromatic nitrogens is 1. The van der Waals surface area contributed by atoms with Crippen LogP contribution in [-0.2, 0) is 24.2 Å². The Labute approximate surface area is 215 Å². The van der Waals surface area contributed by atoms with E-state index in [0.717, 1.165) is 39.6 Å². The molecule has 8 nitrogen and oxygen atoms in total. The summed E-state index contributed by atoms with van der Waals surface area (Å²) in [5, 5.41) is 11.6. The molecule has 188 valence electrons. The van der Waals surface area contributed by atoms with Crippen molar-refractivity contribution in [3.8, 4) is 17.2 Å². The fourth-order valence-electron chi connectivity index (χ4n) is 4.27. The van der Waals surface area contributed by atoms with Crippen LogP contribution in [-0.4, -0.2) is 27.7 Å². The summed E-state index contributed by atoms with van der Waals surface area (Å²) in [6, 6.07) is 27.6. The van der Waals surface area contributed by atoms with E-state index in [1.54, 1.807) is 5.53 Å². The molecule has 0 radical (unpaired) electrons. The van der Waals surface area contributed by atoms with Crippen molar-refractivity contribution >= 4 is 5.97 Å². The number of hydrogen-bond acceptors (Lipinski definition) is 6. The average molecular weight is 498 g/mol. The molecule has 37 heavy (non-hydrogen) atoms. The third-order valence-electron chi connectivity index (χ3n) is 6.23. The highest BCUT2D eigenvalue weighted by Crippen LogP contribution is 2.23. The highest BCUT2D eigenvalue weighted by atomic mass is 16.5. The Morgan fingerprint density at radius 2 is 1.70 bits per heavy atom. The fraction of sp³-hybridized carbons (Fsp3) is 0.172. The van der Waals surface area contributed by atoms with Gasteiger partial charge in [-0.05, 0) is 42.3 Å². The smallest absolute Gasteiger partial charge is 0.359 e. The van der Waals surface area contributed by atoms with Crippen LogP contribution in [0.25, 0.3) is 11.5 Å². The Bertz CT molecular complexity index is 1380. The predicted molar refractivity (Wildman–Crippen MR) is 138 cm³/mol. The zero-order valence-electron chi connectivity index (χ0n) is 20.6. The summed E-state index contributed by atoms with van der Waals surface area (Å²) in [4.78, 5) is 16.4. The van der Waals surface area contributed by atoms with Crippen LogP contribution < -0.4 is 15.7 Å². The van der Waals surface area contributed by atoms with Crippen molar-refractivity contribution in [1.29, 1.82) is 0 Å². The number of rotatable bonds is 10. The van der Waals surface area contributed by atoms with Gasteiger partial charge < -0.3 is 14.3 Å². The van der Waals surface area contributed by atoms with Crippen LogP contribution in [0.1, 0.15) is 22.6 Å². The normalized spacial score (nSPS) is 13.1. The Morgan fingerprint density at radius 3 is 2.41 bits per heavy atom. The van der Waals surface area contributed by atoms with E-state index in [1.165, 1.54) is 0 Å². The molecule has 4 aromatic rings. The van der Waals surface area contributed by atoms with E-state index in [1.807, 2.05) is 96.9 Å². The number of carbonyl (C=O) groups is 1. The zero-order chi connectivity index (χ0) is 25.6. The quantitative estimate of drug-likeness (QED) is 0.288. The molecule has 2 heterocycles. The van der Waals surface area contributed by atoms with Crippen LogP contribution >= 0.6 is 0 Å². The zero-order valence-corrected chi connectivity index (χ0v) is 20.6. The minimum Gasteiger partial charge on any atom is -0.493 e. The Hall–Kier alpha value is -4.56. The monoisotopic (exact) mass is 497 g/mol. The number of oxazole rings is 1. The van der Waals surface area contributed by atoms with Crippen LogP contribution in [0.2, 0.25) is 0 Å². The minimum absolute atomic E-state index is 0.203. The number of quaternary nitrogens is 1. The maximum atomic E-state index is 11.8. The van der Waals surface area contributed by atoms with E-state index in [0.29, 0.717) is 31.9 Å². The van der Waals surface area contributed by atoms with Crippen molar-refractivity contribution < 1.29 is 24.6 Å². The van der Waals surface area contributed by atoms with E-state index in [4.69, 9.17) is 9.15 Å². The average Bonchev–Trinajstić information content (AvgIpc) is 3.49. The van der Waals surface area contributed by atoms with Gasteiger partial charge in [-0.15, -0.1) is 5.53 Å². The number of aliphatic carboxylic acids is 1. The topological polar surface area (TPSA) is 104 Å². The maximum Gasteiger partial charge on any atom is 0.359 e.